The Balaban J connectivity index is 1.41. The first-order valence-electron chi connectivity index (χ1n) is 9.33. The van der Waals surface area contributed by atoms with Gasteiger partial charge in [0, 0.05) is 59.3 Å². The van der Waals surface area contributed by atoms with Crippen LogP contribution in [0.15, 0.2) is 54.7 Å². The number of hydrogen-bond acceptors (Lipinski definition) is 2. The molecule has 140 valence electrons. The molecule has 0 radical (unpaired) electrons. The number of benzene rings is 2. The summed E-state index contributed by atoms with van der Waals surface area (Å²) in [4.78, 5) is 10.5. The molecule has 1 aliphatic heterocycles. The molecule has 4 aromatic rings. The van der Waals surface area contributed by atoms with Gasteiger partial charge < -0.3 is 15.2 Å². The van der Waals surface area contributed by atoms with E-state index in [4.69, 9.17) is 23.8 Å². The van der Waals surface area contributed by atoms with Crippen LogP contribution in [0.4, 0.5) is 0 Å². The number of nitrogens with one attached hydrogen (secondary N) is 2. The summed E-state index contributed by atoms with van der Waals surface area (Å²) in [5.74, 6) is 0. The lowest BCUT2D eigenvalue weighted by Gasteiger charge is -2.29. The van der Waals surface area contributed by atoms with Crippen molar-refractivity contribution in [3.05, 3.63) is 76.6 Å². The Morgan fingerprint density at radius 1 is 1.18 bits per heavy atom. The standard InChI is InChI=1S/C22H19ClN4S/c23-15-6-7-16-20(10-15)24-12-17-18-13-27(9-8-19(18)26-21(16)17)22(28)25-11-14-4-2-1-3-5-14/h1-7,10,12,26H,8-9,11,13H2,(H,25,28). The third kappa shape index (κ3) is 3.11. The van der Waals surface area contributed by atoms with Crippen LogP contribution in [0.3, 0.4) is 0 Å². The van der Waals surface area contributed by atoms with Gasteiger partial charge in [-0.05, 0) is 36.0 Å². The quantitative estimate of drug-likeness (QED) is 0.469. The Labute approximate surface area is 173 Å². The van der Waals surface area contributed by atoms with Crippen molar-refractivity contribution in [1.82, 2.24) is 20.2 Å². The molecule has 28 heavy (non-hydrogen) atoms. The summed E-state index contributed by atoms with van der Waals surface area (Å²) in [6.45, 7) is 2.43. The zero-order valence-corrected chi connectivity index (χ0v) is 16.8. The third-order valence-corrected chi connectivity index (χ3v) is 5.99. The van der Waals surface area contributed by atoms with Gasteiger partial charge >= 0.3 is 0 Å². The van der Waals surface area contributed by atoms with Crippen LogP contribution in [0.5, 0.6) is 0 Å². The molecule has 0 aliphatic carbocycles. The maximum absolute atomic E-state index is 6.12. The van der Waals surface area contributed by atoms with Crippen molar-refractivity contribution < 1.29 is 0 Å². The number of aromatic nitrogens is 2. The predicted octanol–water partition coefficient (Wildman–Crippen LogP) is 4.80. The Hall–Kier alpha value is -2.63. The molecular formula is C22H19ClN4S. The van der Waals surface area contributed by atoms with Crippen molar-refractivity contribution in [2.45, 2.75) is 19.5 Å². The predicted molar refractivity (Wildman–Crippen MR) is 119 cm³/mol. The summed E-state index contributed by atoms with van der Waals surface area (Å²) in [6.07, 6.45) is 2.89. The lowest BCUT2D eigenvalue weighted by Crippen LogP contribution is -2.42. The van der Waals surface area contributed by atoms with Crippen molar-refractivity contribution >= 4 is 50.7 Å². The summed E-state index contributed by atoms with van der Waals surface area (Å²) in [7, 11) is 0. The maximum atomic E-state index is 6.12. The molecule has 0 spiro atoms. The summed E-state index contributed by atoms with van der Waals surface area (Å²) in [5, 5.41) is 7.16. The Morgan fingerprint density at radius 3 is 2.89 bits per heavy atom. The van der Waals surface area contributed by atoms with Gasteiger partial charge in [-0.15, -0.1) is 0 Å². The summed E-state index contributed by atoms with van der Waals surface area (Å²) in [5.41, 5.74) is 5.84. The van der Waals surface area contributed by atoms with E-state index in [0.29, 0.717) is 5.02 Å². The second kappa shape index (κ2) is 7.08. The Bertz CT molecular complexity index is 1190. The van der Waals surface area contributed by atoms with Crippen LogP contribution >= 0.6 is 23.8 Å². The first kappa shape index (κ1) is 17.5. The highest BCUT2D eigenvalue weighted by atomic mass is 35.5. The number of aromatic amines is 1. The first-order chi connectivity index (χ1) is 13.7. The van der Waals surface area contributed by atoms with Gasteiger partial charge in [0.15, 0.2) is 5.11 Å². The molecule has 0 fully saturated rings. The minimum Gasteiger partial charge on any atom is -0.358 e. The Kier molecular flexibility index (Phi) is 4.41. The van der Waals surface area contributed by atoms with E-state index < -0.39 is 0 Å². The van der Waals surface area contributed by atoms with E-state index in [1.165, 1.54) is 22.2 Å². The fourth-order valence-corrected chi connectivity index (χ4v) is 4.28. The van der Waals surface area contributed by atoms with E-state index in [0.717, 1.165) is 47.6 Å². The molecule has 0 atom stereocenters. The molecule has 3 heterocycles. The van der Waals surface area contributed by atoms with E-state index in [-0.39, 0.29) is 0 Å². The molecule has 4 nitrogen and oxygen atoms in total. The number of H-pyrrole nitrogens is 1. The minimum atomic E-state index is 0.705. The summed E-state index contributed by atoms with van der Waals surface area (Å²) in [6, 6.07) is 16.2. The van der Waals surface area contributed by atoms with Crippen LogP contribution < -0.4 is 5.32 Å². The zero-order chi connectivity index (χ0) is 19.1. The lowest BCUT2D eigenvalue weighted by atomic mass is 10.0. The van der Waals surface area contributed by atoms with Gasteiger partial charge in [0.05, 0.1) is 11.0 Å². The smallest absolute Gasteiger partial charge is 0.169 e. The van der Waals surface area contributed by atoms with Crippen molar-refractivity contribution in [3.8, 4) is 0 Å². The number of hydrogen-bond donors (Lipinski definition) is 2. The Morgan fingerprint density at radius 2 is 2.04 bits per heavy atom. The van der Waals surface area contributed by atoms with Crippen LogP contribution in [-0.2, 0) is 19.5 Å². The normalized spacial score (nSPS) is 13.7. The number of fused-ring (bicyclic) bond motifs is 5. The molecule has 0 unspecified atom stereocenters. The molecule has 0 amide bonds. The average molecular weight is 407 g/mol. The van der Waals surface area contributed by atoms with Crippen LogP contribution in [0.2, 0.25) is 5.02 Å². The van der Waals surface area contributed by atoms with E-state index in [9.17, 15) is 0 Å². The molecule has 0 saturated carbocycles. The van der Waals surface area contributed by atoms with Crippen molar-refractivity contribution in [2.75, 3.05) is 6.54 Å². The van der Waals surface area contributed by atoms with E-state index >= 15 is 0 Å². The minimum absolute atomic E-state index is 0.705. The number of thiocarbonyl (C=S) groups is 1. The fraction of sp³-hybridized carbons (Fsp3) is 0.182. The molecule has 0 bridgehead atoms. The number of pyridine rings is 1. The van der Waals surface area contributed by atoms with Crippen molar-refractivity contribution in [3.63, 3.8) is 0 Å². The van der Waals surface area contributed by atoms with E-state index in [1.807, 2.05) is 42.6 Å². The number of rotatable bonds is 2. The summed E-state index contributed by atoms with van der Waals surface area (Å²) >= 11 is 11.8. The van der Waals surface area contributed by atoms with Crippen LogP contribution in [0.25, 0.3) is 21.8 Å². The fourth-order valence-electron chi connectivity index (χ4n) is 3.89. The highest BCUT2D eigenvalue weighted by molar-refractivity contribution is 7.80. The molecule has 2 N–H and O–H groups in total. The SMILES string of the molecule is S=C(NCc1ccccc1)N1CCc2[nH]c3c(cnc4cc(Cl)ccc43)c2C1. The van der Waals surface area contributed by atoms with Crippen LogP contribution in [0.1, 0.15) is 16.8 Å². The lowest BCUT2D eigenvalue weighted by molar-refractivity contribution is 0.387. The second-order valence-electron chi connectivity index (χ2n) is 7.11. The van der Waals surface area contributed by atoms with Gasteiger partial charge in [-0.2, -0.15) is 0 Å². The third-order valence-electron chi connectivity index (χ3n) is 5.35. The van der Waals surface area contributed by atoms with Gasteiger partial charge in [0.25, 0.3) is 0 Å². The second-order valence-corrected chi connectivity index (χ2v) is 7.93. The van der Waals surface area contributed by atoms with Crippen LogP contribution in [0, 0.1) is 0 Å². The molecule has 2 aromatic heterocycles. The van der Waals surface area contributed by atoms with Gasteiger partial charge in [0.1, 0.15) is 0 Å². The van der Waals surface area contributed by atoms with E-state index in [1.54, 1.807) is 0 Å². The van der Waals surface area contributed by atoms with Gasteiger partial charge in [-0.25, -0.2) is 0 Å². The van der Waals surface area contributed by atoms with Gasteiger partial charge in [-0.3, -0.25) is 4.98 Å². The van der Waals surface area contributed by atoms with Crippen molar-refractivity contribution in [1.29, 1.82) is 0 Å². The largest absolute Gasteiger partial charge is 0.358 e. The highest BCUT2D eigenvalue weighted by Gasteiger charge is 2.23. The topological polar surface area (TPSA) is 44.0 Å². The van der Waals surface area contributed by atoms with Gasteiger partial charge in [-0.1, -0.05) is 41.9 Å². The average Bonchev–Trinajstić information content (AvgIpc) is 3.10. The van der Waals surface area contributed by atoms with Crippen LogP contribution in [-0.4, -0.2) is 26.5 Å². The first-order valence-corrected chi connectivity index (χ1v) is 10.1. The molecule has 5 rings (SSSR count). The maximum Gasteiger partial charge on any atom is 0.169 e. The monoisotopic (exact) mass is 406 g/mol. The van der Waals surface area contributed by atoms with Crippen molar-refractivity contribution in [2.24, 2.45) is 0 Å². The number of halogens is 1. The molecule has 6 heteroatoms. The molecule has 2 aromatic carbocycles. The summed E-state index contributed by atoms with van der Waals surface area (Å²) < 4.78 is 0. The zero-order valence-electron chi connectivity index (χ0n) is 15.2. The molecule has 1 aliphatic rings. The highest BCUT2D eigenvalue weighted by Crippen LogP contribution is 2.32. The molecular weight excluding hydrogens is 388 g/mol. The molecule has 0 saturated heterocycles. The van der Waals surface area contributed by atoms with E-state index in [2.05, 4.69) is 32.3 Å². The number of nitrogens with zero attached hydrogens (tertiary/aromatic N) is 2. The van der Waals surface area contributed by atoms with Gasteiger partial charge in [0.2, 0.25) is 0 Å².